The van der Waals surface area contributed by atoms with Gasteiger partial charge in [-0.25, -0.2) is 0 Å². The first-order valence-electron chi connectivity index (χ1n) is 2.59. The molecule has 1 rings (SSSR count). The van der Waals surface area contributed by atoms with Crippen molar-refractivity contribution in [1.29, 1.82) is 0 Å². The molecule has 2 nitrogen and oxygen atoms in total. The minimum atomic E-state index is 0.416. The zero-order valence-electron chi connectivity index (χ0n) is 5.24. The van der Waals surface area contributed by atoms with E-state index in [1.54, 1.807) is 11.7 Å². The number of hydrogen-bond donors (Lipinski definition) is 0. The maximum Gasteiger partial charge on any atom is 0.140 e. The Bertz CT molecular complexity index is 246. The van der Waals surface area contributed by atoms with Crippen molar-refractivity contribution in [2.24, 2.45) is 7.05 Å². The largest absolute Gasteiger partial charge is 0.256 e. The normalized spacial score (nSPS) is 10.4. The summed E-state index contributed by atoms with van der Waals surface area (Å²) < 4.78 is 2.55. The molecule has 0 fully saturated rings. The van der Waals surface area contributed by atoms with Gasteiger partial charge < -0.3 is 0 Å². The number of aromatic nitrogens is 2. The first-order valence-corrected chi connectivity index (χ1v) is 4.58. The SMILES string of the molecule is Cn1nc(CCl)c(I)c1Cl. The maximum absolute atomic E-state index is 5.81. The number of rotatable bonds is 1. The summed E-state index contributed by atoms with van der Waals surface area (Å²) in [6.45, 7) is 0. The average molecular weight is 291 g/mol. The van der Waals surface area contributed by atoms with Crippen LogP contribution in [-0.2, 0) is 12.9 Å². The molecule has 0 N–H and O–H groups in total. The van der Waals surface area contributed by atoms with Crippen molar-refractivity contribution < 1.29 is 0 Å². The van der Waals surface area contributed by atoms with Crippen LogP contribution in [0, 0.1) is 3.57 Å². The van der Waals surface area contributed by atoms with Crippen LogP contribution in [0.2, 0.25) is 5.15 Å². The molecule has 1 aromatic rings. The van der Waals surface area contributed by atoms with Crippen LogP contribution in [0.3, 0.4) is 0 Å². The molecule has 0 atom stereocenters. The number of halogens is 3. The summed E-state index contributed by atoms with van der Waals surface area (Å²) in [5, 5.41) is 4.72. The van der Waals surface area contributed by atoms with Crippen molar-refractivity contribution in [3.63, 3.8) is 0 Å². The van der Waals surface area contributed by atoms with Gasteiger partial charge in [0.05, 0.1) is 15.1 Å². The Morgan fingerprint density at radius 1 is 1.70 bits per heavy atom. The Morgan fingerprint density at radius 3 is 2.50 bits per heavy atom. The molecule has 0 aliphatic rings. The third-order valence-electron chi connectivity index (χ3n) is 1.12. The van der Waals surface area contributed by atoms with Gasteiger partial charge in [0.2, 0.25) is 0 Å². The highest BCUT2D eigenvalue weighted by molar-refractivity contribution is 14.1. The van der Waals surface area contributed by atoms with E-state index >= 15 is 0 Å². The third-order valence-corrected chi connectivity index (χ3v) is 3.26. The van der Waals surface area contributed by atoms with E-state index in [4.69, 9.17) is 23.2 Å². The molecule has 0 saturated heterocycles. The van der Waals surface area contributed by atoms with E-state index < -0.39 is 0 Å². The minimum absolute atomic E-state index is 0.416. The Hall–Kier alpha value is 0.520. The smallest absolute Gasteiger partial charge is 0.140 e. The zero-order chi connectivity index (χ0) is 7.72. The lowest BCUT2D eigenvalue weighted by molar-refractivity contribution is 0.755. The van der Waals surface area contributed by atoms with Gasteiger partial charge in [-0.2, -0.15) is 5.10 Å². The van der Waals surface area contributed by atoms with Gasteiger partial charge in [0.1, 0.15) is 5.15 Å². The summed E-state index contributed by atoms with van der Waals surface area (Å²) in [6.07, 6.45) is 0. The summed E-state index contributed by atoms with van der Waals surface area (Å²) in [5.74, 6) is 0.416. The zero-order valence-corrected chi connectivity index (χ0v) is 8.90. The van der Waals surface area contributed by atoms with Gasteiger partial charge in [-0.05, 0) is 22.6 Å². The fraction of sp³-hybridized carbons (Fsp3) is 0.400. The molecule has 0 aliphatic carbocycles. The number of aryl methyl sites for hydroxylation is 1. The van der Waals surface area contributed by atoms with Crippen LogP contribution in [0.25, 0.3) is 0 Å². The molecule has 0 spiro atoms. The number of nitrogens with zero attached hydrogens (tertiary/aromatic N) is 2. The first-order chi connectivity index (χ1) is 4.66. The molecule has 0 radical (unpaired) electrons. The molecule has 1 aromatic heterocycles. The van der Waals surface area contributed by atoms with E-state index in [-0.39, 0.29) is 0 Å². The van der Waals surface area contributed by atoms with Crippen LogP contribution >= 0.6 is 45.8 Å². The molecular formula is C5H5Cl2IN2. The van der Waals surface area contributed by atoms with Gasteiger partial charge in [-0.15, -0.1) is 11.6 Å². The average Bonchev–Trinajstić information content (AvgIpc) is 2.17. The van der Waals surface area contributed by atoms with Crippen LogP contribution in [0.15, 0.2) is 0 Å². The van der Waals surface area contributed by atoms with Crippen molar-refractivity contribution in [2.75, 3.05) is 0 Å². The van der Waals surface area contributed by atoms with Crippen molar-refractivity contribution in [3.05, 3.63) is 14.4 Å². The number of alkyl halides is 1. The lowest BCUT2D eigenvalue weighted by atomic mass is 10.5. The highest BCUT2D eigenvalue weighted by atomic mass is 127. The number of hydrogen-bond acceptors (Lipinski definition) is 1. The van der Waals surface area contributed by atoms with E-state index in [0.29, 0.717) is 11.0 Å². The van der Waals surface area contributed by atoms with Gasteiger partial charge >= 0.3 is 0 Å². The standard InChI is InChI=1S/C5H5Cl2IN2/c1-10-5(7)4(8)3(2-6)9-10/h2H2,1H3. The van der Waals surface area contributed by atoms with E-state index in [2.05, 4.69) is 27.7 Å². The van der Waals surface area contributed by atoms with E-state index in [0.717, 1.165) is 9.26 Å². The quantitative estimate of drug-likeness (QED) is 0.574. The van der Waals surface area contributed by atoms with Crippen molar-refractivity contribution in [3.8, 4) is 0 Å². The summed E-state index contributed by atoms with van der Waals surface area (Å²) in [4.78, 5) is 0. The van der Waals surface area contributed by atoms with E-state index in [1.807, 2.05) is 0 Å². The Kier molecular flexibility index (Phi) is 2.82. The van der Waals surface area contributed by atoms with Gasteiger partial charge in [0, 0.05) is 7.05 Å². The fourth-order valence-corrected chi connectivity index (χ4v) is 1.82. The first kappa shape index (κ1) is 8.62. The lowest BCUT2D eigenvalue weighted by Crippen LogP contribution is -1.89. The molecular weight excluding hydrogens is 286 g/mol. The fourth-order valence-electron chi connectivity index (χ4n) is 0.615. The Balaban J connectivity index is 3.17. The van der Waals surface area contributed by atoms with Crippen LogP contribution in [0.4, 0.5) is 0 Å². The third kappa shape index (κ3) is 1.40. The molecule has 56 valence electrons. The summed E-state index contributed by atoms with van der Waals surface area (Å²) in [6, 6.07) is 0. The summed E-state index contributed by atoms with van der Waals surface area (Å²) >= 11 is 13.5. The highest BCUT2D eigenvalue weighted by Crippen LogP contribution is 2.21. The molecule has 10 heavy (non-hydrogen) atoms. The predicted octanol–water partition coefficient (Wildman–Crippen LogP) is 2.42. The second-order valence-corrected chi connectivity index (χ2v) is 3.51. The second kappa shape index (κ2) is 3.28. The maximum atomic E-state index is 5.81. The molecule has 0 aromatic carbocycles. The summed E-state index contributed by atoms with van der Waals surface area (Å²) in [7, 11) is 1.79. The molecule has 0 bridgehead atoms. The van der Waals surface area contributed by atoms with Crippen LogP contribution in [0.5, 0.6) is 0 Å². The van der Waals surface area contributed by atoms with Crippen molar-refractivity contribution >= 4 is 45.8 Å². The lowest BCUT2D eigenvalue weighted by Gasteiger charge is -1.86. The molecule has 1 heterocycles. The highest BCUT2D eigenvalue weighted by Gasteiger charge is 2.09. The molecule has 0 amide bonds. The van der Waals surface area contributed by atoms with Crippen LogP contribution in [0.1, 0.15) is 5.69 Å². The molecule has 0 unspecified atom stereocenters. The second-order valence-electron chi connectivity index (χ2n) is 1.81. The van der Waals surface area contributed by atoms with E-state index in [1.165, 1.54) is 0 Å². The minimum Gasteiger partial charge on any atom is -0.256 e. The van der Waals surface area contributed by atoms with Gasteiger partial charge in [-0.3, -0.25) is 4.68 Å². The Morgan fingerprint density at radius 2 is 2.30 bits per heavy atom. The Labute approximate surface area is 82.6 Å². The molecule has 0 saturated carbocycles. The van der Waals surface area contributed by atoms with E-state index in [9.17, 15) is 0 Å². The van der Waals surface area contributed by atoms with Crippen molar-refractivity contribution in [1.82, 2.24) is 9.78 Å². The van der Waals surface area contributed by atoms with Crippen LogP contribution in [-0.4, -0.2) is 9.78 Å². The van der Waals surface area contributed by atoms with Gasteiger partial charge in [0.15, 0.2) is 0 Å². The van der Waals surface area contributed by atoms with Crippen LogP contribution < -0.4 is 0 Å². The molecule has 0 aliphatic heterocycles. The molecule has 5 heteroatoms. The van der Waals surface area contributed by atoms with Crippen molar-refractivity contribution in [2.45, 2.75) is 5.88 Å². The predicted molar refractivity (Wildman–Crippen MR) is 50.5 cm³/mol. The topological polar surface area (TPSA) is 17.8 Å². The van der Waals surface area contributed by atoms with Gasteiger partial charge in [-0.1, -0.05) is 11.6 Å². The monoisotopic (exact) mass is 290 g/mol. The summed E-state index contributed by atoms with van der Waals surface area (Å²) in [5.41, 5.74) is 0.842. The van der Waals surface area contributed by atoms with Gasteiger partial charge in [0.25, 0.3) is 0 Å².